The lowest BCUT2D eigenvalue weighted by molar-refractivity contribution is -0.125. The Morgan fingerprint density at radius 3 is 2.57 bits per heavy atom. The minimum absolute atomic E-state index is 0.239. The molecule has 0 radical (unpaired) electrons. The minimum Gasteiger partial charge on any atom is -0.354 e. The number of fused-ring (bicyclic) bond motifs is 1. The summed E-state index contributed by atoms with van der Waals surface area (Å²) >= 11 is 0. The number of hydrogen-bond acceptors (Lipinski definition) is 3. The number of nitrogens with zero attached hydrogens (tertiary/aromatic N) is 3. The molecule has 1 saturated carbocycles. The third kappa shape index (κ3) is 3.28. The predicted octanol–water partition coefficient (Wildman–Crippen LogP) is 1.40. The molecule has 1 amide bonds. The lowest BCUT2D eigenvalue weighted by atomic mass is 10.0. The Hall–Kier alpha value is -1.36. The zero-order valence-electron chi connectivity index (χ0n) is 13.2. The van der Waals surface area contributed by atoms with Gasteiger partial charge < -0.3 is 5.32 Å². The van der Waals surface area contributed by atoms with Gasteiger partial charge in [-0.3, -0.25) is 14.4 Å². The van der Waals surface area contributed by atoms with Crippen molar-refractivity contribution in [3.05, 3.63) is 18.0 Å². The highest BCUT2D eigenvalue weighted by atomic mass is 16.1. The molecular formula is C16H26N4O. The third-order valence-electron chi connectivity index (χ3n) is 4.79. The van der Waals surface area contributed by atoms with Gasteiger partial charge >= 0.3 is 0 Å². The second kappa shape index (κ2) is 5.79. The van der Waals surface area contributed by atoms with E-state index in [0.717, 1.165) is 32.5 Å². The van der Waals surface area contributed by atoms with Crippen LogP contribution in [0.1, 0.15) is 32.3 Å². The van der Waals surface area contributed by atoms with Gasteiger partial charge in [0.1, 0.15) is 0 Å². The van der Waals surface area contributed by atoms with Crippen molar-refractivity contribution in [2.24, 2.45) is 24.8 Å². The number of likely N-dealkylation sites (tertiary alicyclic amines) is 1. The van der Waals surface area contributed by atoms with Gasteiger partial charge in [-0.1, -0.05) is 0 Å². The minimum atomic E-state index is 0.239. The molecule has 1 saturated heterocycles. The summed E-state index contributed by atoms with van der Waals surface area (Å²) < 4.78 is 1.86. The van der Waals surface area contributed by atoms with Crippen LogP contribution in [0.2, 0.25) is 0 Å². The standard InChI is InChI=1S/C16H26N4O/c1-11(2)18-16(21)13-4-14-9-20(10-15(14)5-13)8-12-6-17-19(3)7-12/h6-7,11,13-15H,4-5,8-10H2,1-3H3,(H,18,21)/t13?,14-,15+. The van der Waals surface area contributed by atoms with E-state index in [1.165, 1.54) is 5.56 Å². The molecule has 1 aliphatic carbocycles. The first-order valence-corrected chi connectivity index (χ1v) is 8.01. The number of nitrogens with one attached hydrogen (secondary N) is 1. The van der Waals surface area contributed by atoms with E-state index < -0.39 is 0 Å². The summed E-state index contributed by atoms with van der Waals surface area (Å²) in [5.41, 5.74) is 1.28. The summed E-state index contributed by atoms with van der Waals surface area (Å²) in [7, 11) is 1.96. The zero-order chi connectivity index (χ0) is 15.0. The van der Waals surface area contributed by atoms with Crippen molar-refractivity contribution in [3.63, 3.8) is 0 Å². The molecule has 0 spiro atoms. The SMILES string of the molecule is CC(C)NC(=O)C1C[C@@H]2CN(Cc3cnn(C)c3)C[C@@H]2C1. The summed E-state index contributed by atoms with van der Waals surface area (Å²) in [4.78, 5) is 14.6. The molecule has 1 aromatic heterocycles. The van der Waals surface area contributed by atoms with Crippen LogP contribution in [0, 0.1) is 17.8 Å². The lowest BCUT2D eigenvalue weighted by Crippen LogP contribution is -2.35. The summed E-state index contributed by atoms with van der Waals surface area (Å²) in [5.74, 6) is 1.90. The van der Waals surface area contributed by atoms with Gasteiger partial charge in [-0.05, 0) is 38.5 Å². The van der Waals surface area contributed by atoms with Crippen molar-refractivity contribution in [2.45, 2.75) is 39.3 Å². The Labute approximate surface area is 126 Å². The van der Waals surface area contributed by atoms with E-state index in [1.54, 1.807) is 0 Å². The second-order valence-electron chi connectivity index (χ2n) is 7.07. The maximum atomic E-state index is 12.1. The van der Waals surface area contributed by atoms with Crippen LogP contribution in [0.25, 0.3) is 0 Å². The molecule has 21 heavy (non-hydrogen) atoms. The second-order valence-corrected chi connectivity index (χ2v) is 7.07. The quantitative estimate of drug-likeness (QED) is 0.912. The number of hydrogen-bond donors (Lipinski definition) is 1. The first kappa shape index (κ1) is 14.6. The first-order valence-electron chi connectivity index (χ1n) is 8.01. The largest absolute Gasteiger partial charge is 0.354 e. The molecule has 2 fully saturated rings. The Bertz CT molecular complexity index is 496. The van der Waals surface area contributed by atoms with Crippen LogP contribution in [0.15, 0.2) is 12.4 Å². The molecule has 1 aromatic rings. The summed E-state index contributed by atoms with van der Waals surface area (Å²) in [6, 6.07) is 0.250. The van der Waals surface area contributed by atoms with Crippen molar-refractivity contribution in [1.29, 1.82) is 0 Å². The van der Waals surface area contributed by atoms with Gasteiger partial charge in [-0.25, -0.2) is 0 Å². The smallest absolute Gasteiger partial charge is 0.223 e. The fourth-order valence-corrected chi connectivity index (χ4v) is 3.95. The van der Waals surface area contributed by atoms with Gasteiger partial charge in [-0.15, -0.1) is 0 Å². The number of rotatable bonds is 4. The highest BCUT2D eigenvalue weighted by Gasteiger charge is 2.43. The maximum Gasteiger partial charge on any atom is 0.223 e. The molecule has 2 aliphatic rings. The van der Waals surface area contributed by atoms with E-state index in [4.69, 9.17) is 0 Å². The molecule has 5 heteroatoms. The van der Waals surface area contributed by atoms with Crippen LogP contribution in [0.3, 0.4) is 0 Å². The number of aromatic nitrogens is 2. The first-order chi connectivity index (χ1) is 10.0. The molecular weight excluding hydrogens is 264 g/mol. The Balaban J connectivity index is 1.51. The van der Waals surface area contributed by atoms with Gasteiger partial charge in [0.2, 0.25) is 5.91 Å². The number of aryl methyl sites for hydroxylation is 1. The van der Waals surface area contributed by atoms with Gasteiger partial charge in [0.15, 0.2) is 0 Å². The summed E-state index contributed by atoms with van der Waals surface area (Å²) in [6.07, 6.45) is 6.17. The van der Waals surface area contributed by atoms with Crippen LogP contribution in [-0.4, -0.2) is 39.7 Å². The Morgan fingerprint density at radius 2 is 2.05 bits per heavy atom. The number of carbonyl (C=O) groups excluding carboxylic acids is 1. The average molecular weight is 290 g/mol. The predicted molar refractivity (Wildman–Crippen MR) is 81.5 cm³/mol. The molecule has 2 heterocycles. The fraction of sp³-hybridized carbons (Fsp3) is 0.750. The fourth-order valence-electron chi connectivity index (χ4n) is 3.95. The molecule has 1 aliphatic heterocycles. The van der Waals surface area contributed by atoms with E-state index in [0.29, 0.717) is 11.8 Å². The Morgan fingerprint density at radius 1 is 1.38 bits per heavy atom. The van der Waals surface area contributed by atoms with Gasteiger partial charge in [0.05, 0.1) is 6.20 Å². The van der Waals surface area contributed by atoms with E-state index in [1.807, 2.05) is 31.8 Å². The van der Waals surface area contributed by atoms with Gasteiger partial charge in [-0.2, -0.15) is 5.10 Å². The third-order valence-corrected chi connectivity index (χ3v) is 4.79. The highest BCUT2D eigenvalue weighted by Crippen LogP contribution is 2.41. The molecule has 1 unspecified atom stereocenters. The van der Waals surface area contributed by atoms with Gasteiger partial charge in [0, 0.05) is 50.4 Å². The molecule has 3 rings (SSSR count). The molecule has 1 N–H and O–H groups in total. The zero-order valence-corrected chi connectivity index (χ0v) is 13.2. The van der Waals surface area contributed by atoms with Crippen LogP contribution in [-0.2, 0) is 18.4 Å². The van der Waals surface area contributed by atoms with E-state index in [2.05, 4.69) is 21.5 Å². The lowest BCUT2D eigenvalue weighted by Gasteiger charge is -2.18. The van der Waals surface area contributed by atoms with Crippen molar-refractivity contribution in [3.8, 4) is 0 Å². The van der Waals surface area contributed by atoms with Crippen LogP contribution < -0.4 is 5.32 Å². The summed E-state index contributed by atoms with van der Waals surface area (Å²) in [6.45, 7) is 7.31. The molecule has 0 bridgehead atoms. The average Bonchev–Trinajstić information content (AvgIpc) is 3.03. The van der Waals surface area contributed by atoms with Gasteiger partial charge in [0.25, 0.3) is 0 Å². The summed E-state index contributed by atoms with van der Waals surface area (Å²) in [5, 5.41) is 7.29. The monoisotopic (exact) mass is 290 g/mol. The van der Waals surface area contributed by atoms with Crippen molar-refractivity contribution in [2.75, 3.05) is 13.1 Å². The van der Waals surface area contributed by atoms with Crippen molar-refractivity contribution < 1.29 is 4.79 Å². The van der Waals surface area contributed by atoms with Crippen LogP contribution in [0.4, 0.5) is 0 Å². The topological polar surface area (TPSA) is 50.2 Å². The van der Waals surface area contributed by atoms with Crippen LogP contribution >= 0.6 is 0 Å². The molecule has 0 aromatic carbocycles. The number of carbonyl (C=O) groups is 1. The van der Waals surface area contributed by atoms with E-state index >= 15 is 0 Å². The molecule has 3 atom stereocenters. The van der Waals surface area contributed by atoms with Crippen LogP contribution in [0.5, 0.6) is 0 Å². The van der Waals surface area contributed by atoms with Crippen molar-refractivity contribution in [1.82, 2.24) is 20.0 Å². The molecule has 116 valence electrons. The Kier molecular flexibility index (Phi) is 4.02. The highest BCUT2D eigenvalue weighted by molar-refractivity contribution is 5.79. The number of amides is 1. The van der Waals surface area contributed by atoms with Crippen molar-refractivity contribution >= 4 is 5.91 Å². The van der Waals surface area contributed by atoms with E-state index in [-0.39, 0.29) is 17.9 Å². The molecule has 5 nitrogen and oxygen atoms in total. The maximum absolute atomic E-state index is 12.1. The normalized spacial score (nSPS) is 29.0. The van der Waals surface area contributed by atoms with E-state index in [9.17, 15) is 4.79 Å².